The minimum atomic E-state index is -0.226. The molecule has 0 bridgehead atoms. The molecule has 1 heterocycles. The summed E-state index contributed by atoms with van der Waals surface area (Å²) in [7, 11) is 0. The van der Waals surface area contributed by atoms with E-state index in [0.29, 0.717) is 10.8 Å². The second kappa shape index (κ2) is 6.16. The van der Waals surface area contributed by atoms with E-state index in [0.717, 1.165) is 5.56 Å². The molecule has 2 rings (SSSR count). The zero-order chi connectivity index (χ0) is 13.7. The lowest BCUT2D eigenvalue weighted by molar-refractivity contribution is -0.111. The van der Waals surface area contributed by atoms with E-state index >= 15 is 0 Å². The SMILES string of the molecule is Cc1ccc(/C=C/C(=O)Nc2ccc(Cl)cn2)cc1. The van der Waals surface area contributed by atoms with Crippen molar-refractivity contribution in [3.63, 3.8) is 0 Å². The normalized spacial score (nSPS) is 10.6. The summed E-state index contributed by atoms with van der Waals surface area (Å²) in [6.07, 6.45) is 4.71. The van der Waals surface area contributed by atoms with Crippen LogP contribution in [0.15, 0.2) is 48.7 Å². The largest absolute Gasteiger partial charge is 0.307 e. The minimum Gasteiger partial charge on any atom is -0.307 e. The zero-order valence-electron chi connectivity index (χ0n) is 10.4. The van der Waals surface area contributed by atoms with Gasteiger partial charge in [-0.25, -0.2) is 4.98 Å². The number of hydrogen-bond acceptors (Lipinski definition) is 2. The molecular weight excluding hydrogens is 260 g/mol. The van der Waals surface area contributed by atoms with Crippen LogP contribution >= 0.6 is 11.6 Å². The second-order valence-electron chi connectivity index (χ2n) is 4.09. The minimum absolute atomic E-state index is 0.226. The fourth-order valence-corrected chi connectivity index (χ4v) is 1.58. The first kappa shape index (κ1) is 13.3. The van der Waals surface area contributed by atoms with E-state index in [2.05, 4.69) is 10.3 Å². The van der Waals surface area contributed by atoms with E-state index in [1.165, 1.54) is 17.8 Å². The zero-order valence-corrected chi connectivity index (χ0v) is 11.2. The summed E-state index contributed by atoms with van der Waals surface area (Å²) in [5, 5.41) is 3.19. The molecule has 0 spiro atoms. The first-order valence-corrected chi connectivity index (χ1v) is 6.18. The van der Waals surface area contributed by atoms with Crippen LogP contribution in [0.2, 0.25) is 5.02 Å². The number of anilines is 1. The fourth-order valence-electron chi connectivity index (χ4n) is 1.47. The van der Waals surface area contributed by atoms with Gasteiger partial charge in [0.1, 0.15) is 5.82 Å². The molecule has 0 saturated heterocycles. The Labute approximate surface area is 116 Å². The van der Waals surface area contributed by atoms with Crippen LogP contribution in [0.5, 0.6) is 0 Å². The number of nitrogens with zero attached hydrogens (tertiary/aromatic N) is 1. The van der Waals surface area contributed by atoms with Crippen LogP contribution in [-0.4, -0.2) is 10.9 Å². The smallest absolute Gasteiger partial charge is 0.249 e. The molecule has 1 aromatic heterocycles. The number of aryl methyl sites for hydroxylation is 1. The highest BCUT2D eigenvalue weighted by Crippen LogP contribution is 2.10. The van der Waals surface area contributed by atoms with Gasteiger partial charge in [-0.3, -0.25) is 4.79 Å². The molecule has 1 N–H and O–H groups in total. The number of halogens is 1. The number of amides is 1. The number of hydrogen-bond donors (Lipinski definition) is 1. The fraction of sp³-hybridized carbons (Fsp3) is 0.0667. The van der Waals surface area contributed by atoms with E-state index in [1.807, 2.05) is 31.2 Å². The van der Waals surface area contributed by atoms with E-state index in [9.17, 15) is 4.79 Å². The Balaban J connectivity index is 1.97. The van der Waals surface area contributed by atoms with E-state index in [4.69, 9.17) is 11.6 Å². The predicted molar refractivity (Wildman–Crippen MR) is 78.1 cm³/mol. The Morgan fingerprint density at radius 3 is 2.58 bits per heavy atom. The molecule has 1 amide bonds. The van der Waals surface area contributed by atoms with Crippen molar-refractivity contribution in [2.24, 2.45) is 0 Å². The van der Waals surface area contributed by atoms with Crippen molar-refractivity contribution in [2.45, 2.75) is 6.92 Å². The van der Waals surface area contributed by atoms with Crippen molar-refractivity contribution in [3.05, 3.63) is 64.8 Å². The maximum Gasteiger partial charge on any atom is 0.249 e. The Morgan fingerprint density at radius 2 is 1.95 bits per heavy atom. The summed E-state index contributed by atoms with van der Waals surface area (Å²) in [6.45, 7) is 2.02. The van der Waals surface area contributed by atoms with E-state index in [1.54, 1.807) is 18.2 Å². The molecule has 0 fully saturated rings. The monoisotopic (exact) mass is 272 g/mol. The van der Waals surface area contributed by atoms with Crippen molar-refractivity contribution in [3.8, 4) is 0 Å². The van der Waals surface area contributed by atoms with Crippen LogP contribution in [0.4, 0.5) is 5.82 Å². The number of rotatable bonds is 3. The van der Waals surface area contributed by atoms with Crippen molar-refractivity contribution < 1.29 is 4.79 Å². The van der Waals surface area contributed by atoms with Gasteiger partial charge in [-0.2, -0.15) is 0 Å². The maximum absolute atomic E-state index is 11.7. The van der Waals surface area contributed by atoms with E-state index in [-0.39, 0.29) is 5.91 Å². The molecule has 0 saturated carbocycles. The number of carbonyl (C=O) groups is 1. The van der Waals surface area contributed by atoms with Gasteiger partial charge in [0.2, 0.25) is 5.91 Å². The van der Waals surface area contributed by atoms with Crippen LogP contribution in [-0.2, 0) is 4.79 Å². The van der Waals surface area contributed by atoms with Crippen LogP contribution < -0.4 is 5.32 Å². The quantitative estimate of drug-likeness (QED) is 0.866. The van der Waals surface area contributed by atoms with Gasteiger partial charge < -0.3 is 5.32 Å². The lowest BCUT2D eigenvalue weighted by Gasteiger charge is -2.00. The Kier molecular flexibility index (Phi) is 4.31. The molecule has 4 heteroatoms. The molecule has 2 aromatic rings. The van der Waals surface area contributed by atoms with Crippen molar-refractivity contribution in [2.75, 3.05) is 5.32 Å². The van der Waals surface area contributed by atoms with Crippen LogP contribution in [0, 0.1) is 6.92 Å². The summed E-state index contributed by atoms with van der Waals surface area (Å²) >= 11 is 5.71. The first-order valence-electron chi connectivity index (χ1n) is 5.81. The van der Waals surface area contributed by atoms with Crippen molar-refractivity contribution >= 4 is 29.4 Å². The Bertz CT molecular complexity index is 589. The molecule has 0 unspecified atom stereocenters. The van der Waals surface area contributed by atoms with Crippen LogP contribution in [0.25, 0.3) is 6.08 Å². The van der Waals surface area contributed by atoms with Crippen LogP contribution in [0.3, 0.4) is 0 Å². The van der Waals surface area contributed by atoms with Gasteiger partial charge in [-0.05, 0) is 30.7 Å². The number of carbonyl (C=O) groups excluding carboxylic acids is 1. The lowest BCUT2D eigenvalue weighted by atomic mass is 10.1. The average Bonchev–Trinajstić information content (AvgIpc) is 2.41. The van der Waals surface area contributed by atoms with Gasteiger partial charge in [0.25, 0.3) is 0 Å². The van der Waals surface area contributed by atoms with Gasteiger partial charge in [0, 0.05) is 12.3 Å². The number of benzene rings is 1. The highest BCUT2D eigenvalue weighted by atomic mass is 35.5. The van der Waals surface area contributed by atoms with Gasteiger partial charge in [0.05, 0.1) is 5.02 Å². The van der Waals surface area contributed by atoms with Gasteiger partial charge in [-0.1, -0.05) is 41.4 Å². The molecule has 96 valence electrons. The number of nitrogens with one attached hydrogen (secondary N) is 1. The van der Waals surface area contributed by atoms with E-state index < -0.39 is 0 Å². The summed E-state index contributed by atoms with van der Waals surface area (Å²) in [6, 6.07) is 11.2. The third-order valence-electron chi connectivity index (χ3n) is 2.48. The standard InChI is InChI=1S/C15H13ClN2O/c1-11-2-4-12(5-3-11)6-9-15(19)18-14-8-7-13(16)10-17-14/h2-10H,1H3,(H,17,18,19)/b9-6+. The van der Waals surface area contributed by atoms with Crippen molar-refractivity contribution in [1.82, 2.24) is 4.98 Å². The van der Waals surface area contributed by atoms with Gasteiger partial charge >= 0.3 is 0 Å². The van der Waals surface area contributed by atoms with Crippen LogP contribution in [0.1, 0.15) is 11.1 Å². The molecular formula is C15H13ClN2O. The number of pyridine rings is 1. The summed E-state index contributed by atoms with van der Waals surface area (Å²) in [4.78, 5) is 15.7. The second-order valence-corrected chi connectivity index (χ2v) is 4.53. The first-order chi connectivity index (χ1) is 9.13. The molecule has 0 aliphatic carbocycles. The Morgan fingerprint density at radius 1 is 1.21 bits per heavy atom. The highest BCUT2D eigenvalue weighted by Gasteiger charge is 1.98. The lowest BCUT2D eigenvalue weighted by Crippen LogP contribution is -2.08. The van der Waals surface area contributed by atoms with Crippen molar-refractivity contribution in [1.29, 1.82) is 0 Å². The summed E-state index contributed by atoms with van der Waals surface area (Å²) < 4.78 is 0. The molecule has 0 aliphatic rings. The molecule has 1 aromatic carbocycles. The highest BCUT2D eigenvalue weighted by molar-refractivity contribution is 6.30. The molecule has 0 atom stereocenters. The topological polar surface area (TPSA) is 42.0 Å². The molecule has 3 nitrogen and oxygen atoms in total. The maximum atomic E-state index is 11.7. The third-order valence-corrected chi connectivity index (χ3v) is 2.71. The molecule has 0 radical (unpaired) electrons. The predicted octanol–water partition coefficient (Wildman–Crippen LogP) is 3.70. The molecule has 19 heavy (non-hydrogen) atoms. The number of aromatic nitrogens is 1. The third kappa shape index (κ3) is 4.23. The van der Waals surface area contributed by atoms with Gasteiger partial charge in [-0.15, -0.1) is 0 Å². The average molecular weight is 273 g/mol. The summed E-state index contributed by atoms with van der Waals surface area (Å²) in [5.74, 6) is 0.248. The molecule has 0 aliphatic heterocycles. The summed E-state index contributed by atoms with van der Waals surface area (Å²) in [5.41, 5.74) is 2.16. The van der Waals surface area contributed by atoms with Gasteiger partial charge in [0.15, 0.2) is 0 Å². The Hall–Kier alpha value is -2.13.